The average molecular weight is 721 g/mol. The Labute approximate surface area is 323 Å². The van der Waals surface area contributed by atoms with E-state index in [1.807, 2.05) is 36.0 Å². The van der Waals surface area contributed by atoms with Crippen molar-refractivity contribution in [3.05, 3.63) is 194 Å². The predicted octanol–water partition coefficient (Wildman–Crippen LogP) is 13.7. The van der Waals surface area contributed by atoms with Gasteiger partial charge in [-0.05, 0) is 70.4 Å². The number of benzene rings is 8. The van der Waals surface area contributed by atoms with Crippen molar-refractivity contribution in [1.29, 1.82) is 0 Å². The first-order chi connectivity index (χ1) is 27.3. The van der Waals surface area contributed by atoms with E-state index in [0.717, 1.165) is 39.4 Å². The molecule has 0 amide bonds. The number of hydrogen-bond donors (Lipinski definition) is 0. The summed E-state index contributed by atoms with van der Waals surface area (Å²) in [5.41, 5.74) is 11.0. The lowest BCUT2D eigenvalue weighted by molar-refractivity contribution is 1.05. The maximum atomic E-state index is 5.31. The summed E-state index contributed by atoms with van der Waals surface area (Å²) in [5.74, 6) is 1.52. The molecule has 11 rings (SSSR count). The lowest BCUT2D eigenvalue weighted by atomic mass is 9.96. The molecule has 258 valence electrons. The molecule has 0 radical (unpaired) electrons. The molecule has 4 nitrogen and oxygen atoms in total. The van der Waals surface area contributed by atoms with Crippen molar-refractivity contribution in [3.8, 4) is 39.6 Å². The van der Waals surface area contributed by atoms with Crippen molar-refractivity contribution in [2.24, 2.45) is 0 Å². The Kier molecular flexibility index (Phi) is 7.39. The van der Waals surface area contributed by atoms with Gasteiger partial charge < -0.3 is 4.90 Å². The minimum Gasteiger partial charge on any atom is -0.308 e. The van der Waals surface area contributed by atoms with Crippen molar-refractivity contribution >= 4 is 61.4 Å². The van der Waals surface area contributed by atoms with E-state index in [0.29, 0.717) is 5.82 Å². The Morgan fingerprint density at radius 3 is 1.96 bits per heavy atom. The van der Waals surface area contributed by atoms with Crippen molar-refractivity contribution in [3.63, 3.8) is 0 Å². The van der Waals surface area contributed by atoms with Gasteiger partial charge >= 0.3 is 0 Å². The van der Waals surface area contributed by atoms with Crippen LogP contribution in [-0.4, -0.2) is 14.5 Å². The summed E-state index contributed by atoms with van der Waals surface area (Å²) in [5, 5.41) is 4.84. The molecule has 2 aromatic heterocycles. The fraction of sp³-hybridized carbons (Fsp3) is 0. The summed E-state index contributed by atoms with van der Waals surface area (Å²) in [6.45, 7) is 0. The first-order valence-electron chi connectivity index (χ1n) is 18.5. The Morgan fingerprint density at radius 2 is 1.13 bits per heavy atom. The zero-order valence-electron chi connectivity index (χ0n) is 29.7. The Morgan fingerprint density at radius 1 is 0.436 bits per heavy atom. The third kappa shape index (κ3) is 5.24. The highest BCUT2D eigenvalue weighted by molar-refractivity contribution is 7.99. The zero-order chi connectivity index (χ0) is 36.3. The van der Waals surface area contributed by atoms with Crippen molar-refractivity contribution < 1.29 is 0 Å². The van der Waals surface area contributed by atoms with Crippen molar-refractivity contribution in [2.45, 2.75) is 9.79 Å². The molecule has 0 unspecified atom stereocenters. The highest BCUT2D eigenvalue weighted by atomic mass is 32.2. The van der Waals surface area contributed by atoms with Gasteiger partial charge in [-0.1, -0.05) is 151 Å². The molecule has 0 fully saturated rings. The first kappa shape index (κ1) is 31.6. The van der Waals surface area contributed by atoms with Crippen LogP contribution in [0, 0.1) is 0 Å². The zero-order valence-corrected chi connectivity index (χ0v) is 30.5. The minimum absolute atomic E-state index is 0.693. The van der Waals surface area contributed by atoms with Gasteiger partial charge in [0.25, 0.3) is 0 Å². The van der Waals surface area contributed by atoms with Crippen molar-refractivity contribution in [1.82, 2.24) is 14.5 Å². The van der Waals surface area contributed by atoms with Crippen LogP contribution >= 0.6 is 11.8 Å². The molecule has 8 aromatic carbocycles. The molecule has 1 aliphatic heterocycles. The monoisotopic (exact) mass is 720 g/mol. The molecule has 3 heterocycles. The number of nitrogens with zero attached hydrogens (tertiary/aromatic N) is 4. The van der Waals surface area contributed by atoms with Gasteiger partial charge in [-0.15, -0.1) is 0 Å². The second-order valence-corrected chi connectivity index (χ2v) is 14.9. The molecule has 0 saturated carbocycles. The SMILES string of the molecule is c1ccc(-c2cc(-n3c4cccc(-c5ccc6c(c5)Sc5ccccc5N6c5ccccc5)c4c4c5ccccc5ccc43)nc(-c3ccccc3)n2)cc1. The lowest BCUT2D eigenvalue weighted by Gasteiger charge is -2.33. The number of aromatic nitrogens is 3. The quantitative estimate of drug-likeness (QED) is 0.177. The van der Waals surface area contributed by atoms with E-state index >= 15 is 0 Å². The van der Waals surface area contributed by atoms with E-state index in [-0.39, 0.29) is 0 Å². The Balaban J connectivity index is 1.18. The molecular formula is C50H32N4S. The van der Waals surface area contributed by atoms with Crippen LogP contribution in [0.5, 0.6) is 0 Å². The highest BCUT2D eigenvalue weighted by Crippen LogP contribution is 2.53. The number of hydrogen-bond acceptors (Lipinski definition) is 4. The van der Waals surface area contributed by atoms with Gasteiger partial charge in [0.05, 0.1) is 28.1 Å². The van der Waals surface area contributed by atoms with Gasteiger partial charge in [0.1, 0.15) is 5.82 Å². The van der Waals surface area contributed by atoms with Crippen LogP contribution in [0.1, 0.15) is 0 Å². The molecule has 0 spiro atoms. The summed E-state index contributed by atoms with van der Waals surface area (Å²) < 4.78 is 2.34. The normalized spacial score (nSPS) is 12.3. The van der Waals surface area contributed by atoms with Crippen LogP contribution in [0.3, 0.4) is 0 Å². The minimum atomic E-state index is 0.693. The summed E-state index contributed by atoms with van der Waals surface area (Å²) >= 11 is 1.84. The number of para-hydroxylation sites is 2. The third-order valence-electron chi connectivity index (χ3n) is 10.6. The summed E-state index contributed by atoms with van der Waals surface area (Å²) in [7, 11) is 0. The van der Waals surface area contributed by atoms with Gasteiger partial charge in [-0.2, -0.15) is 0 Å². The molecule has 0 bridgehead atoms. The van der Waals surface area contributed by atoms with Crippen LogP contribution in [0.2, 0.25) is 0 Å². The van der Waals surface area contributed by atoms with Gasteiger partial charge in [0, 0.05) is 43.4 Å². The van der Waals surface area contributed by atoms with Crippen molar-refractivity contribution in [2.75, 3.05) is 4.90 Å². The summed E-state index contributed by atoms with van der Waals surface area (Å²) in [6, 6.07) is 69.0. The smallest absolute Gasteiger partial charge is 0.162 e. The third-order valence-corrected chi connectivity index (χ3v) is 11.7. The van der Waals surface area contributed by atoms with Crippen LogP contribution in [-0.2, 0) is 0 Å². The molecule has 10 aromatic rings. The standard InChI is InChI=1S/C50H32N4S/c1-4-16-34(17-5-1)40-32-47(52-50(51-40)35-18-6-2-7-19-35)54-43-25-14-23-39(49(43)48-38-22-11-10-15-33(38)27-30-44(48)54)36-28-29-42-46(31-36)55-45-26-13-12-24-41(45)53(42)37-20-8-3-9-21-37/h1-32H. The topological polar surface area (TPSA) is 34.0 Å². The Bertz CT molecular complexity index is 3010. The van der Waals surface area contributed by atoms with Gasteiger partial charge in [-0.25, -0.2) is 9.97 Å². The summed E-state index contributed by atoms with van der Waals surface area (Å²) in [6.07, 6.45) is 0. The highest BCUT2D eigenvalue weighted by Gasteiger charge is 2.26. The van der Waals surface area contributed by atoms with Gasteiger partial charge in [0.15, 0.2) is 5.82 Å². The number of anilines is 3. The number of fused-ring (bicyclic) bond motifs is 7. The molecular weight excluding hydrogens is 689 g/mol. The fourth-order valence-corrected chi connectivity index (χ4v) is 9.21. The largest absolute Gasteiger partial charge is 0.308 e. The molecule has 0 saturated heterocycles. The van der Waals surface area contributed by atoms with E-state index in [1.54, 1.807) is 0 Å². The van der Waals surface area contributed by atoms with E-state index in [1.165, 1.54) is 53.8 Å². The molecule has 5 heteroatoms. The lowest BCUT2D eigenvalue weighted by Crippen LogP contribution is -2.14. The second kappa shape index (κ2) is 12.9. The van der Waals surface area contributed by atoms with Gasteiger partial charge in [0.2, 0.25) is 0 Å². The summed E-state index contributed by atoms with van der Waals surface area (Å²) in [4.78, 5) is 15.3. The fourth-order valence-electron chi connectivity index (χ4n) is 8.12. The molecule has 1 aliphatic rings. The molecule has 0 aliphatic carbocycles. The maximum absolute atomic E-state index is 5.31. The first-order valence-corrected chi connectivity index (χ1v) is 19.3. The van der Waals surface area contributed by atoms with Crippen LogP contribution in [0.25, 0.3) is 72.2 Å². The van der Waals surface area contributed by atoms with Crippen LogP contribution < -0.4 is 4.90 Å². The second-order valence-electron chi connectivity index (χ2n) is 13.8. The maximum Gasteiger partial charge on any atom is 0.162 e. The number of rotatable bonds is 5. The van der Waals surface area contributed by atoms with Gasteiger partial charge in [-0.3, -0.25) is 4.57 Å². The van der Waals surface area contributed by atoms with Crippen LogP contribution in [0.15, 0.2) is 204 Å². The average Bonchev–Trinajstić information content (AvgIpc) is 3.61. The van der Waals surface area contributed by atoms with E-state index in [4.69, 9.17) is 9.97 Å². The van der Waals surface area contributed by atoms with Crippen LogP contribution in [0.4, 0.5) is 17.1 Å². The van der Waals surface area contributed by atoms with E-state index in [2.05, 4.69) is 179 Å². The molecule has 0 N–H and O–H groups in total. The molecule has 55 heavy (non-hydrogen) atoms. The Hall–Kier alpha value is -6.95. The van der Waals surface area contributed by atoms with E-state index < -0.39 is 0 Å². The molecule has 0 atom stereocenters. The van der Waals surface area contributed by atoms with E-state index in [9.17, 15) is 0 Å². The predicted molar refractivity (Wildman–Crippen MR) is 229 cm³/mol.